The average Bonchev–Trinajstić information content (AvgIpc) is 2.47. The van der Waals surface area contributed by atoms with E-state index in [4.69, 9.17) is 0 Å². The minimum atomic E-state index is -0.420. The number of aromatic nitrogens is 2. The second-order valence-electron chi connectivity index (χ2n) is 4.44. The van der Waals surface area contributed by atoms with Gasteiger partial charge in [0.25, 0.3) is 5.91 Å². The first kappa shape index (κ1) is 14.6. The summed E-state index contributed by atoms with van der Waals surface area (Å²) in [5.74, 6) is -0.701. The van der Waals surface area contributed by atoms with Crippen molar-refractivity contribution in [2.24, 2.45) is 0 Å². The summed E-state index contributed by atoms with van der Waals surface area (Å²) in [4.78, 5) is 31.6. The van der Waals surface area contributed by atoms with Gasteiger partial charge in [0.05, 0.1) is 29.6 Å². The second kappa shape index (κ2) is 6.13. The van der Waals surface area contributed by atoms with Gasteiger partial charge in [-0.05, 0) is 38.1 Å². The lowest BCUT2D eigenvalue weighted by atomic mass is 10.1. The molecule has 1 N–H and O–H groups in total. The van der Waals surface area contributed by atoms with Gasteiger partial charge in [-0.1, -0.05) is 0 Å². The van der Waals surface area contributed by atoms with E-state index in [0.717, 1.165) is 0 Å². The van der Waals surface area contributed by atoms with Gasteiger partial charge < -0.3 is 10.1 Å². The molecule has 1 aromatic carbocycles. The smallest absolute Gasteiger partial charge is 0.337 e. The van der Waals surface area contributed by atoms with Crippen LogP contribution in [0, 0.1) is 13.8 Å². The predicted molar refractivity (Wildman–Crippen MR) is 77.2 cm³/mol. The zero-order valence-electron chi connectivity index (χ0n) is 12.0. The summed E-state index contributed by atoms with van der Waals surface area (Å²) in [6.45, 7) is 3.51. The molecule has 1 aromatic heterocycles. The van der Waals surface area contributed by atoms with Crippen molar-refractivity contribution in [3.05, 3.63) is 53.1 Å². The number of ether oxygens (including phenoxy) is 1. The number of methoxy groups -OCH3 is 1. The maximum absolute atomic E-state index is 12.2. The number of hydrogen-bond donors (Lipinski definition) is 1. The molecule has 6 nitrogen and oxygen atoms in total. The molecule has 2 rings (SSSR count). The molecule has 0 bridgehead atoms. The van der Waals surface area contributed by atoms with E-state index in [2.05, 4.69) is 20.0 Å². The van der Waals surface area contributed by atoms with E-state index < -0.39 is 5.97 Å². The van der Waals surface area contributed by atoms with Crippen LogP contribution in [0.3, 0.4) is 0 Å². The molecule has 2 aromatic rings. The Balaban J connectivity index is 2.18. The van der Waals surface area contributed by atoms with E-state index in [-0.39, 0.29) is 5.91 Å². The Morgan fingerprint density at radius 2 is 1.62 bits per heavy atom. The third-order valence-corrected chi connectivity index (χ3v) is 3.02. The second-order valence-corrected chi connectivity index (χ2v) is 4.44. The van der Waals surface area contributed by atoms with Crippen molar-refractivity contribution >= 4 is 17.6 Å². The average molecular weight is 285 g/mol. The lowest BCUT2D eigenvalue weighted by molar-refractivity contribution is 0.0600. The van der Waals surface area contributed by atoms with Crippen molar-refractivity contribution in [1.29, 1.82) is 0 Å². The number of benzene rings is 1. The SMILES string of the molecule is COC(=O)c1ccc(NC(=O)c2c(C)ncnc2C)cc1. The fourth-order valence-corrected chi connectivity index (χ4v) is 1.92. The summed E-state index contributed by atoms with van der Waals surface area (Å²) in [5.41, 5.74) is 2.69. The fourth-order valence-electron chi connectivity index (χ4n) is 1.92. The summed E-state index contributed by atoms with van der Waals surface area (Å²) >= 11 is 0. The van der Waals surface area contributed by atoms with Crippen LogP contribution in [-0.4, -0.2) is 29.0 Å². The molecular formula is C15H15N3O3. The Labute approximate surface area is 122 Å². The number of rotatable bonds is 3. The van der Waals surface area contributed by atoms with Crippen molar-refractivity contribution in [3.63, 3.8) is 0 Å². The third-order valence-electron chi connectivity index (χ3n) is 3.02. The highest BCUT2D eigenvalue weighted by Crippen LogP contribution is 2.14. The molecular weight excluding hydrogens is 270 g/mol. The largest absolute Gasteiger partial charge is 0.465 e. The topological polar surface area (TPSA) is 81.2 Å². The molecule has 1 amide bonds. The van der Waals surface area contributed by atoms with Crippen molar-refractivity contribution in [1.82, 2.24) is 9.97 Å². The maximum atomic E-state index is 12.2. The number of hydrogen-bond acceptors (Lipinski definition) is 5. The molecule has 0 fully saturated rings. The molecule has 6 heteroatoms. The molecule has 0 saturated heterocycles. The summed E-state index contributed by atoms with van der Waals surface area (Å²) in [7, 11) is 1.32. The number of esters is 1. The van der Waals surface area contributed by atoms with Gasteiger partial charge in [-0.2, -0.15) is 0 Å². The molecule has 0 atom stereocenters. The van der Waals surface area contributed by atoms with Gasteiger partial charge in [-0.25, -0.2) is 14.8 Å². The van der Waals surface area contributed by atoms with Gasteiger partial charge in [0.2, 0.25) is 0 Å². The number of amides is 1. The van der Waals surface area contributed by atoms with Crippen LogP contribution in [0.1, 0.15) is 32.1 Å². The van der Waals surface area contributed by atoms with Gasteiger partial charge in [0, 0.05) is 5.69 Å². The van der Waals surface area contributed by atoms with Crippen molar-refractivity contribution < 1.29 is 14.3 Å². The number of nitrogens with one attached hydrogen (secondary N) is 1. The highest BCUT2D eigenvalue weighted by molar-refractivity contribution is 6.05. The van der Waals surface area contributed by atoms with E-state index in [1.807, 2.05) is 0 Å². The molecule has 0 saturated carbocycles. The zero-order chi connectivity index (χ0) is 15.4. The maximum Gasteiger partial charge on any atom is 0.337 e. The molecule has 21 heavy (non-hydrogen) atoms. The van der Waals surface area contributed by atoms with Crippen LogP contribution in [-0.2, 0) is 4.74 Å². The van der Waals surface area contributed by atoms with E-state index in [0.29, 0.717) is 28.2 Å². The monoisotopic (exact) mass is 285 g/mol. The molecule has 0 radical (unpaired) electrons. The van der Waals surface area contributed by atoms with Gasteiger partial charge in [0.1, 0.15) is 6.33 Å². The standard InChI is InChI=1S/C15H15N3O3/c1-9-13(10(2)17-8-16-9)14(19)18-12-6-4-11(5-7-12)15(20)21-3/h4-8H,1-3H3,(H,18,19). The molecule has 108 valence electrons. The number of anilines is 1. The molecule has 0 unspecified atom stereocenters. The van der Waals surface area contributed by atoms with Crippen molar-refractivity contribution in [3.8, 4) is 0 Å². The molecule has 0 aliphatic carbocycles. The van der Waals surface area contributed by atoms with Crippen molar-refractivity contribution in [2.75, 3.05) is 12.4 Å². The van der Waals surface area contributed by atoms with Crippen molar-refractivity contribution in [2.45, 2.75) is 13.8 Å². The van der Waals surface area contributed by atoms with Crippen LogP contribution >= 0.6 is 0 Å². The number of carbonyl (C=O) groups excluding carboxylic acids is 2. The van der Waals surface area contributed by atoms with Crippen LogP contribution in [0.5, 0.6) is 0 Å². The Morgan fingerprint density at radius 1 is 1.05 bits per heavy atom. The van der Waals surface area contributed by atoms with Crippen LogP contribution in [0.4, 0.5) is 5.69 Å². The molecule has 0 spiro atoms. The summed E-state index contributed by atoms with van der Waals surface area (Å²) in [6, 6.07) is 6.45. The molecule has 1 heterocycles. The van der Waals surface area contributed by atoms with Gasteiger partial charge in [-0.3, -0.25) is 4.79 Å². The van der Waals surface area contributed by atoms with E-state index in [1.54, 1.807) is 38.1 Å². The molecule has 0 aliphatic heterocycles. The van der Waals surface area contributed by atoms with Crippen LogP contribution in [0.2, 0.25) is 0 Å². The lowest BCUT2D eigenvalue weighted by Gasteiger charge is -2.09. The lowest BCUT2D eigenvalue weighted by Crippen LogP contribution is -2.16. The number of nitrogens with zero attached hydrogens (tertiary/aromatic N) is 2. The first-order valence-electron chi connectivity index (χ1n) is 6.31. The normalized spacial score (nSPS) is 10.0. The first-order valence-corrected chi connectivity index (χ1v) is 6.31. The first-order chi connectivity index (χ1) is 10.0. The summed E-state index contributed by atoms with van der Waals surface area (Å²) < 4.78 is 4.62. The third kappa shape index (κ3) is 3.22. The Hall–Kier alpha value is -2.76. The van der Waals surface area contributed by atoms with Gasteiger partial charge in [-0.15, -0.1) is 0 Å². The van der Waals surface area contributed by atoms with E-state index in [9.17, 15) is 9.59 Å². The number of carbonyl (C=O) groups is 2. The van der Waals surface area contributed by atoms with Crippen LogP contribution < -0.4 is 5.32 Å². The summed E-state index contributed by atoms with van der Waals surface area (Å²) in [5, 5.41) is 2.75. The van der Waals surface area contributed by atoms with Crippen LogP contribution in [0.15, 0.2) is 30.6 Å². The Kier molecular flexibility index (Phi) is 4.27. The van der Waals surface area contributed by atoms with Gasteiger partial charge in [0.15, 0.2) is 0 Å². The quantitative estimate of drug-likeness (QED) is 0.874. The summed E-state index contributed by atoms with van der Waals surface area (Å²) in [6.07, 6.45) is 1.42. The minimum Gasteiger partial charge on any atom is -0.465 e. The highest BCUT2D eigenvalue weighted by Gasteiger charge is 2.14. The fraction of sp³-hybridized carbons (Fsp3) is 0.200. The van der Waals surface area contributed by atoms with Crippen LogP contribution in [0.25, 0.3) is 0 Å². The minimum absolute atomic E-state index is 0.281. The highest BCUT2D eigenvalue weighted by atomic mass is 16.5. The Morgan fingerprint density at radius 3 is 2.14 bits per heavy atom. The Bertz CT molecular complexity index is 661. The molecule has 0 aliphatic rings. The number of aryl methyl sites for hydroxylation is 2. The van der Waals surface area contributed by atoms with E-state index in [1.165, 1.54) is 13.4 Å². The predicted octanol–water partition coefficient (Wildman–Crippen LogP) is 2.13. The zero-order valence-corrected chi connectivity index (χ0v) is 12.0. The van der Waals surface area contributed by atoms with Gasteiger partial charge >= 0.3 is 5.97 Å². The van der Waals surface area contributed by atoms with E-state index >= 15 is 0 Å².